The molecule has 2 amide bonds. The largest absolute Gasteiger partial charge is 0.435 e. The highest BCUT2D eigenvalue weighted by Crippen LogP contribution is 2.54. The van der Waals surface area contributed by atoms with E-state index in [1.165, 1.54) is 31.3 Å². The number of amides is 2. The molecule has 3 aromatic rings. The molecule has 0 fully saturated rings. The number of alkyl halides is 7. The monoisotopic (exact) mass is 565 g/mol. The van der Waals surface area contributed by atoms with Gasteiger partial charge in [0, 0.05) is 35.1 Å². The Morgan fingerprint density at radius 1 is 0.775 bits per heavy atom. The first kappa shape index (κ1) is 30.1. The lowest BCUT2D eigenvalue weighted by molar-refractivity contribution is -0.348. The van der Waals surface area contributed by atoms with Gasteiger partial charge < -0.3 is 4.90 Å². The Morgan fingerprint density at radius 2 is 1.30 bits per heavy atom. The van der Waals surface area contributed by atoms with Crippen LogP contribution in [0.1, 0.15) is 37.4 Å². The Bertz CT molecular complexity index is 1420. The number of carbonyl (C=O) groups is 2. The number of benzene rings is 3. The molecule has 0 aliphatic rings. The van der Waals surface area contributed by atoms with Crippen LogP contribution in [0.3, 0.4) is 0 Å². The topological polar surface area (TPSA) is 64.4 Å². The van der Waals surface area contributed by atoms with Gasteiger partial charge in [-0.2, -0.15) is 31.6 Å². The standard InChI is InChI=1S/C28H22F7N3O2/c1-17-14-21(26(29,27(30,31)32)28(33,34)35)15-18(2)23(17)37(3)24(39)20-10-7-11-22(16-20)38(13-12-36)25(40)19-8-5-4-6-9-19/h4-11,14-16H,13H2,1-3H3. The van der Waals surface area contributed by atoms with Crippen molar-refractivity contribution in [3.05, 3.63) is 94.5 Å². The average molecular weight is 565 g/mol. The van der Waals surface area contributed by atoms with Crippen molar-refractivity contribution >= 4 is 23.2 Å². The molecule has 0 aliphatic heterocycles. The van der Waals surface area contributed by atoms with Crippen molar-refractivity contribution in [1.29, 1.82) is 5.26 Å². The van der Waals surface area contributed by atoms with E-state index in [1.807, 2.05) is 6.07 Å². The predicted octanol–water partition coefficient (Wildman–Crippen LogP) is 7.04. The third kappa shape index (κ3) is 5.50. The van der Waals surface area contributed by atoms with Crippen molar-refractivity contribution in [2.24, 2.45) is 0 Å². The molecule has 3 aromatic carbocycles. The lowest BCUT2D eigenvalue weighted by atomic mass is 9.90. The Kier molecular flexibility index (Phi) is 8.29. The number of nitriles is 1. The molecule has 0 spiro atoms. The highest BCUT2D eigenvalue weighted by molar-refractivity contribution is 6.09. The van der Waals surface area contributed by atoms with Gasteiger partial charge in [0.15, 0.2) is 0 Å². The molecule has 3 rings (SSSR count). The molecule has 0 N–H and O–H groups in total. The fourth-order valence-electron chi connectivity index (χ4n) is 4.36. The summed E-state index contributed by atoms with van der Waals surface area (Å²) in [4.78, 5) is 28.5. The molecule has 0 radical (unpaired) electrons. The second-order valence-corrected chi connectivity index (χ2v) is 8.94. The molecule has 0 atom stereocenters. The summed E-state index contributed by atoms with van der Waals surface area (Å²) < 4.78 is 94.3. The van der Waals surface area contributed by atoms with Crippen LogP contribution in [0.2, 0.25) is 0 Å². The lowest BCUT2D eigenvalue weighted by Crippen LogP contribution is -2.50. The first-order valence-corrected chi connectivity index (χ1v) is 11.6. The average Bonchev–Trinajstić information content (AvgIpc) is 2.89. The minimum atomic E-state index is -6.28. The van der Waals surface area contributed by atoms with E-state index in [-0.39, 0.29) is 34.6 Å². The molecule has 40 heavy (non-hydrogen) atoms. The summed E-state index contributed by atoms with van der Waals surface area (Å²) in [6.45, 7) is 1.98. The van der Waals surface area contributed by atoms with Crippen LogP contribution in [-0.4, -0.2) is 37.8 Å². The molecule has 0 saturated carbocycles. The van der Waals surface area contributed by atoms with Gasteiger partial charge in [-0.1, -0.05) is 36.4 Å². The van der Waals surface area contributed by atoms with Crippen LogP contribution >= 0.6 is 0 Å². The molecule has 5 nitrogen and oxygen atoms in total. The van der Waals surface area contributed by atoms with Crippen molar-refractivity contribution in [2.45, 2.75) is 31.9 Å². The Balaban J connectivity index is 2.01. The van der Waals surface area contributed by atoms with E-state index in [0.29, 0.717) is 17.7 Å². The Morgan fingerprint density at radius 3 is 1.80 bits per heavy atom. The van der Waals surface area contributed by atoms with E-state index < -0.39 is 35.4 Å². The van der Waals surface area contributed by atoms with Crippen LogP contribution in [0.25, 0.3) is 0 Å². The van der Waals surface area contributed by atoms with Gasteiger partial charge in [-0.15, -0.1) is 0 Å². The normalized spacial score (nSPS) is 12.0. The molecule has 0 aromatic heterocycles. The molecule has 210 valence electrons. The van der Waals surface area contributed by atoms with Gasteiger partial charge in [-0.3, -0.25) is 14.5 Å². The zero-order valence-electron chi connectivity index (χ0n) is 21.4. The quantitative estimate of drug-likeness (QED) is 0.238. The first-order chi connectivity index (χ1) is 18.5. The summed E-state index contributed by atoms with van der Waals surface area (Å²) >= 11 is 0. The van der Waals surface area contributed by atoms with Crippen molar-refractivity contribution < 1.29 is 40.3 Å². The maximum absolute atomic E-state index is 14.6. The first-order valence-electron chi connectivity index (χ1n) is 11.6. The fourth-order valence-corrected chi connectivity index (χ4v) is 4.36. The summed E-state index contributed by atoms with van der Waals surface area (Å²) in [5.41, 5.74) is -7.19. The summed E-state index contributed by atoms with van der Waals surface area (Å²) in [7, 11) is 1.25. The zero-order chi connectivity index (χ0) is 30.0. The predicted molar refractivity (Wildman–Crippen MR) is 134 cm³/mol. The smallest absolute Gasteiger partial charge is 0.311 e. The highest BCUT2D eigenvalue weighted by atomic mass is 19.4. The summed E-state index contributed by atoms with van der Waals surface area (Å²) in [5.74, 6) is -1.23. The van der Waals surface area contributed by atoms with E-state index in [1.54, 1.807) is 30.3 Å². The number of carbonyl (C=O) groups excluding carboxylic acids is 2. The van der Waals surface area contributed by atoms with Crippen LogP contribution in [0.4, 0.5) is 42.1 Å². The molecular weight excluding hydrogens is 543 g/mol. The molecule has 0 unspecified atom stereocenters. The third-order valence-electron chi connectivity index (χ3n) is 6.21. The molecular formula is C28H22F7N3O2. The van der Waals surface area contributed by atoms with Gasteiger partial charge in [0.2, 0.25) is 0 Å². The summed E-state index contributed by atoms with van der Waals surface area (Å²) in [5, 5.41) is 9.26. The van der Waals surface area contributed by atoms with Gasteiger partial charge in [-0.05, 0) is 55.3 Å². The van der Waals surface area contributed by atoms with Crippen molar-refractivity contribution in [2.75, 3.05) is 23.4 Å². The van der Waals surface area contributed by atoms with Crippen LogP contribution in [0.15, 0.2) is 66.7 Å². The minimum Gasteiger partial charge on any atom is -0.311 e. The van der Waals surface area contributed by atoms with Crippen LogP contribution in [0, 0.1) is 25.2 Å². The maximum atomic E-state index is 14.6. The second kappa shape index (κ2) is 11.0. The van der Waals surface area contributed by atoms with E-state index in [4.69, 9.17) is 0 Å². The number of aryl methyl sites for hydroxylation is 2. The van der Waals surface area contributed by atoms with Crippen molar-refractivity contribution in [1.82, 2.24) is 0 Å². The number of halogens is 7. The third-order valence-corrected chi connectivity index (χ3v) is 6.21. The van der Waals surface area contributed by atoms with Crippen LogP contribution in [0.5, 0.6) is 0 Å². The minimum absolute atomic E-state index is 0.0112. The van der Waals surface area contributed by atoms with Gasteiger partial charge in [0.1, 0.15) is 6.54 Å². The second-order valence-electron chi connectivity index (χ2n) is 8.94. The van der Waals surface area contributed by atoms with Crippen LogP contribution in [-0.2, 0) is 5.67 Å². The number of hydrogen-bond acceptors (Lipinski definition) is 3. The summed E-state index contributed by atoms with van der Waals surface area (Å²) in [6, 6.07) is 16.5. The van der Waals surface area contributed by atoms with Gasteiger partial charge in [0.25, 0.3) is 11.8 Å². The Labute approximate surface area is 225 Å². The number of rotatable bonds is 6. The highest BCUT2D eigenvalue weighted by Gasteiger charge is 2.73. The van der Waals surface area contributed by atoms with Crippen molar-refractivity contribution in [3.8, 4) is 6.07 Å². The number of nitrogens with zero attached hydrogens (tertiary/aromatic N) is 3. The maximum Gasteiger partial charge on any atom is 0.435 e. The molecule has 0 aliphatic carbocycles. The molecule has 0 bridgehead atoms. The van der Waals surface area contributed by atoms with Crippen molar-refractivity contribution in [3.63, 3.8) is 0 Å². The SMILES string of the molecule is Cc1cc(C(F)(C(F)(F)F)C(F)(F)F)cc(C)c1N(C)C(=O)c1cccc(N(CC#N)C(=O)c2ccccc2)c1. The molecule has 0 saturated heterocycles. The molecule has 12 heteroatoms. The van der Waals surface area contributed by atoms with E-state index in [2.05, 4.69) is 0 Å². The van der Waals surface area contributed by atoms with Gasteiger partial charge in [0.05, 0.1) is 6.07 Å². The molecule has 0 heterocycles. The number of hydrogen-bond donors (Lipinski definition) is 0. The van der Waals surface area contributed by atoms with Crippen LogP contribution < -0.4 is 9.80 Å². The Hall–Kier alpha value is -4.40. The van der Waals surface area contributed by atoms with Gasteiger partial charge >= 0.3 is 18.0 Å². The lowest BCUT2D eigenvalue weighted by Gasteiger charge is -2.32. The van der Waals surface area contributed by atoms with E-state index in [0.717, 1.165) is 23.6 Å². The zero-order valence-corrected chi connectivity index (χ0v) is 21.4. The summed E-state index contributed by atoms with van der Waals surface area (Å²) in [6.07, 6.45) is -12.6. The van der Waals surface area contributed by atoms with E-state index >= 15 is 0 Å². The van der Waals surface area contributed by atoms with Gasteiger partial charge in [-0.25, -0.2) is 4.39 Å². The fraction of sp³-hybridized carbons (Fsp3) is 0.250. The van der Waals surface area contributed by atoms with E-state index in [9.17, 15) is 45.6 Å². The number of anilines is 2.